The number of rotatable bonds is 6. The Balaban J connectivity index is 1.96. The van der Waals surface area contributed by atoms with Crippen molar-refractivity contribution in [2.75, 3.05) is 40.7 Å². The molecule has 1 saturated heterocycles. The lowest BCUT2D eigenvalue weighted by molar-refractivity contribution is 0.0758. The van der Waals surface area contributed by atoms with E-state index in [2.05, 4.69) is 0 Å². The van der Waals surface area contributed by atoms with Crippen molar-refractivity contribution in [1.82, 2.24) is 4.90 Å². The van der Waals surface area contributed by atoms with Gasteiger partial charge in [-0.3, -0.25) is 4.79 Å². The molecule has 0 saturated carbocycles. The number of ether oxygens (including phenoxy) is 4. The van der Waals surface area contributed by atoms with Gasteiger partial charge in [-0.2, -0.15) is 0 Å². The minimum absolute atomic E-state index is 0.0768. The fraction of sp³-hybridized carbons (Fsp3) is 0.350. The molecule has 2 aromatic rings. The van der Waals surface area contributed by atoms with Gasteiger partial charge in [0.1, 0.15) is 28.4 Å². The molecule has 6 nitrogen and oxygen atoms in total. The SMILES string of the molecule is COc1cc(OC)cc(C(=O)N2CCS[C@H]2c2cc(OC)ccc2OC)c1. The van der Waals surface area contributed by atoms with E-state index in [4.69, 9.17) is 18.9 Å². The van der Waals surface area contributed by atoms with Crippen LogP contribution in [0.25, 0.3) is 0 Å². The van der Waals surface area contributed by atoms with Crippen LogP contribution in [0, 0.1) is 0 Å². The van der Waals surface area contributed by atoms with Crippen LogP contribution in [0.3, 0.4) is 0 Å². The van der Waals surface area contributed by atoms with E-state index in [0.29, 0.717) is 23.6 Å². The van der Waals surface area contributed by atoms with Crippen molar-refractivity contribution in [1.29, 1.82) is 0 Å². The maximum absolute atomic E-state index is 13.3. The Morgan fingerprint density at radius 2 is 1.59 bits per heavy atom. The smallest absolute Gasteiger partial charge is 0.255 e. The molecule has 0 spiro atoms. The van der Waals surface area contributed by atoms with Crippen molar-refractivity contribution in [3.63, 3.8) is 0 Å². The van der Waals surface area contributed by atoms with Crippen LogP contribution in [0.1, 0.15) is 21.3 Å². The van der Waals surface area contributed by atoms with Crippen LogP contribution in [-0.2, 0) is 0 Å². The predicted octanol–water partition coefficient (Wildman–Crippen LogP) is 3.61. The molecule has 1 atom stereocenters. The van der Waals surface area contributed by atoms with Gasteiger partial charge in [-0.05, 0) is 30.3 Å². The minimum Gasteiger partial charge on any atom is -0.497 e. The molecule has 1 aliphatic heterocycles. The molecule has 0 aliphatic carbocycles. The van der Waals surface area contributed by atoms with Crippen molar-refractivity contribution in [3.05, 3.63) is 47.5 Å². The average Bonchev–Trinajstić information content (AvgIpc) is 3.21. The topological polar surface area (TPSA) is 57.2 Å². The monoisotopic (exact) mass is 389 g/mol. The van der Waals surface area contributed by atoms with E-state index in [9.17, 15) is 4.79 Å². The number of amides is 1. The summed E-state index contributed by atoms with van der Waals surface area (Å²) >= 11 is 1.70. The third-order valence-corrected chi connectivity index (χ3v) is 5.70. The molecule has 0 radical (unpaired) electrons. The van der Waals surface area contributed by atoms with Crippen molar-refractivity contribution in [3.8, 4) is 23.0 Å². The van der Waals surface area contributed by atoms with Gasteiger partial charge < -0.3 is 23.8 Å². The number of hydrogen-bond donors (Lipinski definition) is 0. The molecule has 2 aromatic carbocycles. The Labute approximate surface area is 163 Å². The van der Waals surface area contributed by atoms with Gasteiger partial charge >= 0.3 is 0 Å². The number of hydrogen-bond acceptors (Lipinski definition) is 6. The molecule has 1 amide bonds. The zero-order valence-corrected chi connectivity index (χ0v) is 16.7. The van der Waals surface area contributed by atoms with Crippen LogP contribution < -0.4 is 18.9 Å². The maximum Gasteiger partial charge on any atom is 0.255 e. The second kappa shape index (κ2) is 8.43. The van der Waals surface area contributed by atoms with Crippen molar-refractivity contribution in [2.24, 2.45) is 0 Å². The number of benzene rings is 2. The average molecular weight is 389 g/mol. The number of carbonyl (C=O) groups excluding carboxylic acids is 1. The number of carbonyl (C=O) groups is 1. The van der Waals surface area contributed by atoms with Gasteiger partial charge in [0.05, 0.1) is 28.4 Å². The first-order chi connectivity index (χ1) is 13.1. The third kappa shape index (κ3) is 3.93. The lowest BCUT2D eigenvalue weighted by Crippen LogP contribution is -2.30. The summed E-state index contributed by atoms with van der Waals surface area (Å²) < 4.78 is 21.5. The molecular formula is C20H23NO5S. The maximum atomic E-state index is 13.3. The molecule has 0 bridgehead atoms. The van der Waals surface area contributed by atoms with E-state index in [1.54, 1.807) is 58.4 Å². The molecule has 1 aliphatic rings. The molecule has 7 heteroatoms. The summed E-state index contributed by atoms with van der Waals surface area (Å²) in [5.74, 6) is 3.40. The Hall–Kier alpha value is -2.54. The molecular weight excluding hydrogens is 366 g/mol. The summed E-state index contributed by atoms with van der Waals surface area (Å²) in [6.07, 6.45) is 0. The lowest BCUT2D eigenvalue weighted by Gasteiger charge is -2.26. The fourth-order valence-corrected chi connectivity index (χ4v) is 4.33. The van der Waals surface area contributed by atoms with E-state index in [-0.39, 0.29) is 11.3 Å². The zero-order valence-electron chi connectivity index (χ0n) is 15.9. The molecule has 144 valence electrons. The van der Waals surface area contributed by atoms with Crippen LogP contribution in [0.5, 0.6) is 23.0 Å². The molecule has 0 N–H and O–H groups in total. The number of thioether (sulfide) groups is 1. The number of methoxy groups -OCH3 is 4. The summed E-state index contributed by atoms with van der Waals surface area (Å²) in [6, 6.07) is 10.8. The molecule has 1 heterocycles. The molecule has 1 fully saturated rings. The normalized spacial score (nSPS) is 16.1. The van der Waals surface area contributed by atoms with Crippen LogP contribution in [0.15, 0.2) is 36.4 Å². The second-order valence-electron chi connectivity index (χ2n) is 5.93. The van der Waals surface area contributed by atoms with Gasteiger partial charge in [-0.15, -0.1) is 11.8 Å². The third-order valence-electron chi connectivity index (χ3n) is 4.45. The first-order valence-corrected chi connectivity index (χ1v) is 9.53. The first kappa shape index (κ1) is 19.2. The Bertz CT molecular complexity index is 804. The van der Waals surface area contributed by atoms with Gasteiger partial charge in [0.25, 0.3) is 5.91 Å². The fourth-order valence-electron chi connectivity index (χ4n) is 3.06. The van der Waals surface area contributed by atoms with Crippen molar-refractivity contribution >= 4 is 17.7 Å². The van der Waals surface area contributed by atoms with Crippen LogP contribution in [-0.4, -0.2) is 51.5 Å². The van der Waals surface area contributed by atoms with Gasteiger partial charge in [-0.1, -0.05) is 0 Å². The lowest BCUT2D eigenvalue weighted by atomic mass is 10.1. The second-order valence-corrected chi connectivity index (χ2v) is 7.12. The predicted molar refractivity (Wildman–Crippen MR) is 105 cm³/mol. The Morgan fingerprint density at radius 1 is 0.926 bits per heavy atom. The van der Waals surface area contributed by atoms with E-state index in [1.807, 2.05) is 23.1 Å². The highest BCUT2D eigenvalue weighted by atomic mass is 32.2. The Morgan fingerprint density at radius 3 is 2.19 bits per heavy atom. The molecule has 27 heavy (non-hydrogen) atoms. The largest absolute Gasteiger partial charge is 0.497 e. The summed E-state index contributed by atoms with van der Waals surface area (Å²) in [5.41, 5.74) is 1.45. The zero-order chi connectivity index (χ0) is 19.4. The van der Waals surface area contributed by atoms with E-state index >= 15 is 0 Å². The van der Waals surface area contributed by atoms with Crippen LogP contribution in [0.4, 0.5) is 0 Å². The highest BCUT2D eigenvalue weighted by Gasteiger charge is 2.33. The van der Waals surface area contributed by atoms with E-state index in [1.165, 1.54) is 0 Å². The van der Waals surface area contributed by atoms with Gasteiger partial charge in [-0.25, -0.2) is 0 Å². The van der Waals surface area contributed by atoms with Gasteiger partial charge in [0.2, 0.25) is 0 Å². The first-order valence-electron chi connectivity index (χ1n) is 8.48. The molecule has 3 rings (SSSR count). The van der Waals surface area contributed by atoms with Crippen LogP contribution >= 0.6 is 11.8 Å². The summed E-state index contributed by atoms with van der Waals surface area (Å²) in [7, 11) is 6.39. The van der Waals surface area contributed by atoms with E-state index < -0.39 is 0 Å². The van der Waals surface area contributed by atoms with Crippen molar-refractivity contribution in [2.45, 2.75) is 5.37 Å². The Kier molecular flexibility index (Phi) is 6.01. The summed E-state index contributed by atoms with van der Waals surface area (Å²) in [5, 5.41) is -0.153. The highest BCUT2D eigenvalue weighted by Crippen LogP contribution is 2.44. The minimum atomic E-state index is -0.153. The molecule has 0 unspecified atom stereocenters. The van der Waals surface area contributed by atoms with Crippen LogP contribution in [0.2, 0.25) is 0 Å². The summed E-state index contributed by atoms with van der Waals surface area (Å²) in [6.45, 7) is 0.647. The summed E-state index contributed by atoms with van der Waals surface area (Å²) in [4.78, 5) is 15.1. The van der Waals surface area contributed by atoms with E-state index in [0.717, 1.165) is 22.8 Å². The van der Waals surface area contributed by atoms with Crippen molar-refractivity contribution < 1.29 is 23.7 Å². The van der Waals surface area contributed by atoms with Gasteiger partial charge in [0.15, 0.2) is 0 Å². The quantitative estimate of drug-likeness (QED) is 0.752. The number of nitrogens with zero attached hydrogens (tertiary/aromatic N) is 1. The van der Waals surface area contributed by atoms with Gasteiger partial charge in [0, 0.05) is 29.5 Å². The standard InChI is InChI=1S/C20H23NO5S/c1-23-14-5-6-18(26-4)17(12-14)20-21(7-8-27-20)19(22)13-9-15(24-2)11-16(10-13)25-3/h5-6,9-12,20H,7-8H2,1-4H3/t20-/m0/s1. The highest BCUT2D eigenvalue weighted by molar-refractivity contribution is 7.99. The molecule has 0 aromatic heterocycles.